The van der Waals surface area contributed by atoms with Crippen LogP contribution in [0.25, 0.3) is 0 Å². The minimum atomic E-state index is -0.155. The molecule has 0 heterocycles. The molecule has 0 bridgehead atoms. The van der Waals surface area contributed by atoms with E-state index in [1.807, 2.05) is 26.0 Å². The molecule has 1 aromatic carbocycles. The average Bonchev–Trinajstić information content (AvgIpc) is 2.41. The molecule has 0 aliphatic carbocycles. The maximum Gasteiger partial charge on any atom is 0.321 e. The van der Waals surface area contributed by atoms with Crippen molar-refractivity contribution in [2.75, 3.05) is 18.4 Å². The fraction of sp³-hybridized carbons (Fsp3) is 0.529. The number of nitrogens with one attached hydrogen (secondary N) is 1. The van der Waals surface area contributed by atoms with Gasteiger partial charge in [-0.05, 0) is 37.6 Å². The summed E-state index contributed by atoms with van der Waals surface area (Å²) in [5.41, 5.74) is 1.86. The molecule has 1 rings (SSSR count). The normalized spacial score (nSPS) is 10.9. The highest BCUT2D eigenvalue weighted by atomic mass is 32.2. The summed E-state index contributed by atoms with van der Waals surface area (Å²) in [7, 11) is 0. The topological polar surface area (TPSA) is 56.1 Å². The molecule has 120 valence electrons. The maximum absolute atomic E-state index is 12.2. The largest absolute Gasteiger partial charge is 0.324 e. The SMILES string of the molecule is CCN(CCC#N)C(=O)Nc1ccc(SC(C)(C)C)cc1C. The molecule has 5 heteroatoms. The van der Waals surface area contributed by atoms with Crippen LogP contribution in [-0.2, 0) is 0 Å². The van der Waals surface area contributed by atoms with Gasteiger partial charge in [0.15, 0.2) is 0 Å². The van der Waals surface area contributed by atoms with Gasteiger partial charge in [0.2, 0.25) is 0 Å². The molecular weight excluding hydrogens is 294 g/mol. The van der Waals surface area contributed by atoms with Crippen molar-refractivity contribution in [3.8, 4) is 6.07 Å². The van der Waals surface area contributed by atoms with Crippen molar-refractivity contribution in [3.05, 3.63) is 23.8 Å². The third-order valence-corrected chi connectivity index (χ3v) is 4.13. The summed E-state index contributed by atoms with van der Waals surface area (Å²) in [5.74, 6) is 0. The number of aryl methyl sites for hydroxylation is 1. The Morgan fingerprint density at radius 3 is 2.59 bits per heavy atom. The number of hydrogen-bond acceptors (Lipinski definition) is 3. The van der Waals surface area contributed by atoms with Crippen molar-refractivity contribution in [2.24, 2.45) is 0 Å². The zero-order valence-corrected chi connectivity index (χ0v) is 14.9. The highest BCUT2D eigenvalue weighted by molar-refractivity contribution is 8.00. The minimum absolute atomic E-state index is 0.155. The van der Waals surface area contributed by atoms with Gasteiger partial charge in [-0.3, -0.25) is 0 Å². The van der Waals surface area contributed by atoms with Crippen molar-refractivity contribution in [1.29, 1.82) is 5.26 Å². The van der Waals surface area contributed by atoms with E-state index in [0.29, 0.717) is 19.5 Å². The predicted molar refractivity (Wildman–Crippen MR) is 93.3 cm³/mol. The number of carbonyl (C=O) groups excluding carboxylic acids is 1. The van der Waals surface area contributed by atoms with Gasteiger partial charge in [0, 0.05) is 28.4 Å². The third-order valence-electron chi connectivity index (χ3n) is 3.03. The Labute approximate surface area is 137 Å². The Balaban J connectivity index is 2.77. The first-order valence-corrected chi connectivity index (χ1v) is 8.31. The van der Waals surface area contributed by atoms with E-state index in [1.165, 1.54) is 4.90 Å². The van der Waals surface area contributed by atoms with Crippen LogP contribution in [0.3, 0.4) is 0 Å². The fourth-order valence-electron chi connectivity index (χ4n) is 1.98. The number of nitrogens with zero attached hydrogens (tertiary/aromatic N) is 2. The van der Waals surface area contributed by atoms with Crippen LogP contribution >= 0.6 is 11.8 Å². The fourth-order valence-corrected chi connectivity index (χ4v) is 3.05. The van der Waals surface area contributed by atoms with Crippen molar-refractivity contribution in [2.45, 2.75) is 50.7 Å². The van der Waals surface area contributed by atoms with Gasteiger partial charge in [0.25, 0.3) is 0 Å². The average molecular weight is 319 g/mol. The Morgan fingerprint density at radius 2 is 2.09 bits per heavy atom. The van der Waals surface area contributed by atoms with Gasteiger partial charge >= 0.3 is 6.03 Å². The lowest BCUT2D eigenvalue weighted by molar-refractivity contribution is 0.215. The van der Waals surface area contributed by atoms with E-state index in [4.69, 9.17) is 5.26 Å². The van der Waals surface area contributed by atoms with Crippen LogP contribution in [0.1, 0.15) is 39.7 Å². The molecule has 0 atom stereocenters. The number of rotatable bonds is 5. The maximum atomic E-state index is 12.2. The standard InChI is InChI=1S/C17H25N3OS/c1-6-20(11-7-10-18)16(21)19-15-9-8-14(12-13(15)2)22-17(3,4)5/h8-9,12H,6-7,11H2,1-5H3,(H,19,21). The monoisotopic (exact) mass is 319 g/mol. The number of benzene rings is 1. The van der Waals surface area contributed by atoms with Gasteiger partial charge in [-0.1, -0.05) is 20.8 Å². The van der Waals surface area contributed by atoms with E-state index in [-0.39, 0.29) is 10.8 Å². The zero-order chi connectivity index (χ0) is 16.8. The van der Waals surface area contributed by atoms with Crippen molar-refractivity contribution in [3.63, 3.8) is 0 Å². The summed E-state index contributed by atoms with van der Waals surface area (Å²) in [6, 6.07) is 7.98. The number of amides is 2. The summed E-state index contributed by atoms with van der Waals surface area (Å²) < 4.78 is 0.160. The van der Waals surface area contributed by atoms with Crippen LogP contribution in [0.15, 0.2) is 23.1 Å². The Morgan fingerprint density at radius 1 is 1.41 bits per heavy atom. The van der Waals surface area contributed by atoms with Gasteiger partial charge in [-0.25, -0.2) is 4.79 Å². The number of carbonyl (C=O) groups is 1. The zero-order valence-electron chi connectivity index (χ0n) is 14.1. The van der Waals surface area contributed by atoms with Crippen LogP contribution in [-0.4, -0.2) is 28.8 Å². The van der Waals surface area contributed by atoms with Crippen molar-refractivity contribution >= 4 is 23.5 Å². The molecule has 1 N–H and O–H groups in total. The first-order valence-electron chi connectivity index (χ1n) is 7.49. The van der Waals surface area contributed by atoms with Crippen LogP contribution in [0.4, 0.5) is 10.5 Å². The van der Waals surface area contributed by atoms with E-state index in [9.17, 15) is 4.79 Å². The van der Waals surface area contributed by atoms with E-state index >= 15 is 0 Å². The highest BCUT2D eigenvalue weighted by Gasteiger charge is 2.15. The molecule has 0 radical (unpaired) electrons. The number of thioether (sulfide) groups is 1. The number of hydrogen-bond donors (Lipinski definition) is 1. The van der Waals surface area contributed by atoms with Gasteiger partial charge < -0.3 is 10.2 Å². The van der Waals surface area contributed by atoms with E-state index in [0.717, 1.165) is 11.3 Å². The molecule has 0 saturated carbocycles. The molecule has 0 saturated heterocycles. The highest BCUT2D eigenvalue weighted by Crippen LogP contribution is 2.33. The molecular formula is C17H25N3OS. The number of urea groups is 1. The lowest BCUT2D eigenvalue weighted by atomic mass is 10.2. The van der Waals surface area contributed by atoms with Crippen molar-refractivity contribution < 1.29 is 4.79 Å². The molecule has 0 aliphatic rings. The molecule has 0 fully saturated rings. The van der Waals surface area contributed by atoms with Gasteiger partial charge in [-0.2, -0.15) is 5.26 Å². The lowest BCUT2D eigenvalue weighted by Gasteiger charge is -2.22. The molecule has 0 spiro atoms. The number of anilines is 1. The predicted octanol–water partition coefficient (Wildman–Crippen LogP) is 4.65. The molecule has 2 amide bonds. The van der Waals surface area contributed by atoms with Crippen LogP contribution in [0, 0.1) is 18.3 Å². The molecule has 0 unspecified atom stereocenters. The van der Waals surface area contributed by atoms with E-state index < -0.39 is 0 Å². The van der Waals surface area contributed by atoms with Gasteiger partial charge in [-0.15, -0.1) is 11.8 Å². The smallest absolute Gasteiger partial charge is 0.321 e. The first kappa shape index (κ1) is 18.4. The third kappa shape index (κ3) is 5.98. The van der Waals surface area contributed by atoms with E-state index in [1.54, 1.807) is 16.7 Å². The molecule has 0 aliphatic heterocycles. The quantitative estimate of drug-likeness (QED) is 0.803. The summed E-state index contributed by atoms with van der Waals surface area (Å²) in [6.45, 7) is 11.5. The molecule has 1 aromatic rings. The Bertz CT molecular complexity index is 558. The second kappa shape index (κ2) is 8.09. The Kier molecular flexibility index (Phi) is 6.76. The van der Waals surface area contributed by atoms with Gasteiger partial charge in [0.05, 0.1) is 12.5 Å². The summed E-state index contributed by atoms with van der Waals surface area (Å²) >= 11 is 1.81. The summed E-state index contributed by atoms with van der Waals surface area (Å²) in [6.07, 6.45) is 0.349. The second-order valence-electron chi connectivity index (χ2n) is 6.11. The second-order valence-corrected chi connectivity index (χ2v) is 8.01. The molecule has 4 nitrogen and oxygen atoms in total. The van der Waals surface area contributed by atoms with Crippen LogP contribution in [0.2, 0.25) is 0 Å². The minimum Gasteiger partial charge on any atom is -0.324 e. The van der Waals surface area contributed by atoms with E-state index in [2.05, 4.69) is 38.2 Å². The molecule has 0 aromatic heterocycles. The van der Waals surface area contributed by atoms with Gasteiger partial charge in [0.1, 0.15) is 0 Å². The summed E-state index contributed by atoms with van der Waals surface area (Å²) in [5, 5.41) is 11.6. The first-order chi connectivity index (χ1) is 10.3. The lowest BCUT2D eigenvalue weighted by Crippen LogP contribution is -2.35. The van der Waals surface area contributed by atoms with Crippen LogP contribution in [0.5, 0.6) is 0 Å². The van der Waals surface area contributed by atoms with Crippen LogP contribution < -0.4 is 5.32 Å². The number of nitriles is 1. The summed E-state index contributed by atoms with van der Waals surface area (Å²) in [4.78, 5) is 15.0. The van der Waals surface area contributed by atoms with Crippen molar-refractivity contribution in [1.82, 2.24) is 4.90 Å². The Hall–Kier alpha value is -1.67. The molecule has 22 heavy (non-hydrogen) atoms.